The van der Waals surface area contributed by atoms with E-state index in [4.69, 9.17) is 9.15 Å². The fourth-order valence-corrected chi connectivity index (χ4v) is 4.06. The molecule has 0 aliphatic carbocycles. The fourth-order valence-electron chi connectivity index (χ4n) is 4.06. The van der Waals surface area contributed by atoms with Crippen molar-refractivity contribution in [2.24, 2.45) is 0 Å². The van der Waals surface area contributed by atoms with Gasteiger partial charge in [0.05, 0.1) is 12.7 Å². The number of amides is 1. The summed E-state index contributed by atoms with van der Waals surface area (Å²) in [5, 5.41) is 3.63. The summed E-state index contributed by atoms with van der Waals surface area (Å²) in [7, 11) is 3.33. The van der Waals surface area contributed by atoms with E-state index in [-0.39, 0.29) is 5.91 Å². The molecule has 0 spiro atoms. The van der Waals surface area contributed by atoms with Crippen LogP contribution in [0.2, 0.25) is 0 Å². The van der Waals surface area contributed by atoms with Gasteiger partial charge in [0.15, 0.2) is 0 Å². The zero-order valence-corrected chi connectivity index (χ0v) is 16.5. The highest BCUT2D eigenvalue weighted by atomic mass is 16.5. The van der Waals surface area contributed by atoms with Gasteiger partial charge >= 0.3 is 0 Å². The number of hydrogen-bond acceptors (Lipinski definition) is 4. The van der Waals surface area contributed by atoms with Crippen molar-refractivity contribution >= 4 is 16.9 Å². The van der Waals surface area contributed by atoms with Gasteiger partial charge in [0.25, 0.3) is 5.91 Å². The van der Waals surface area contributed by atoms with Gasteiger partial charge in [0.1, 0.15) is 17.1 Å². The van der Waals surface area contributed by atoms with Gasteiger partial charge in [0, 0.05) is 30.1 Å². The van der Waals surface area contributed by atoms with Crippen LogP contribution >= 0.6 is 0 Å². The molecule has 0 unspecified atom stereocenters. The molecular formula is C23H26N2O3. The number of carbonyl (C=O) groups is 1. The van der Waals surface area contributed by atoms with E-state index in [1.165, 1.54) is 19.3 Å². The number of nitrogens with one attached hydrogen (secondary N) is 1. The Balaban J connectivity index is 1.93. The molecule has 1 N–H and O–H groups in total. The Morgan fingerprint density at radius 1 is 1.11 bits per heavy atom. The maximum atomic E-state index is 12.9. The maximum Gasteiger partial charge on any atom is 0.255 e. The Morgan fingerprint density at radius 3 is 2.54 bits per heavy atom. The van der Waals surface area contributed by atoms with Crippen LogP contribution in [0.1, 0.15) is 35.2 Å². The molecule has 2 aromatic carbocycles. The topological polar surface area (TPSA) is 54.7 Å². The number of furan rings is 1. The third-order valence-corrected chi connectivity index (χ3v) is 5.46. The second-order valence-electron chi connectivity index (χ2n) is 7.21. The van der Waals surface area contributed by atoms with E-state index in [1.807, 2.05) is 42.5 Å². The normalized spacial score (nSPS) is 14.9. The lowest BCUT2D eigenvalue weighted by Crippen LogP contribution is -2.29. The van der Waals surface area contributed by atoms with Crippen molar-refractivity contribution in [2.45, 2.75) is 25.8 Å². The predicted octanol–water partition coefficient (Wildman–Crippen LogP) is 4.45. The summed E-state index contributed by atoms with van der Waals surface area (Å²) >= 11 is 0. The molecule has 5 heteroatoms. The Labute approximate surface area is 165 Å². The minimum Gasteiger partial charge on any atom is -0.496 e. The monoisotopic (exact) mass is 378 g/mol. The Morgan fingerprint density at radius 2 is 1.86 bits per heavy atom. The zero-order chi connectivity index (χ0) is 19.5. The number of piperidine rings is 1. The lowest BCUT2D eigenvalue weighted by molar-refractivity contribution is 0.0964. The molecule has 1 aliphatic heterocycles. The lowest BCUT2D eigenvalue weighted by atomic mass is 9.99. The van der Waals surface area contributed by atoms with E-state index in [1.54, 1.807) is 14.2 Å². The predicted molar refractivity (Wildman–Crippen MR) is 111 cm³/mol. The number of nitrogens with zero attached hydrogens (tertiary/aromatic N) is 1. The lowest BCUT2D eigenvalue weighted by Gasteiger charge is -2.27. The summed E-state index contributed by atoms with van der Waals surface area (Å²) in [6.07, 6.45) is 3.70. The van der Waals surface area contributed by atoms with E-state index in [0.29, 0.717) is 16.9 Å². The third kappa shape index (κ3) is 3.38. The summed E-state index contributed by atoms with van der Waals surface area (Å²) in [5.74, 6) is 1.25. The number of benzene rings is 2. The number of likely N-dealkylation sites (tertiary alicyclic amines) is 1. The first-order valence-corrected chi connectivity index (χ1v) is 9.85. The van der Waals surface area contributed by atoms with Crippen LogP contribution in [-0.2, 0) is 6.54 Å². The molecule has 1 aromatic heterocycles. The van der Waals surface area contributed by atoms with E-state index in [0.717, 1.165) is 41.9 Å². The molecule has 4 rings (SSSR count). The first-order valence-electron chi connectivity index (χ1n) is 9.85. The second kappa shape index (κ2) is 8.07. The first kappa shape index (κ1) is 18.6. The van der Waals surface area contributed by atoms with Crippen molar-refractivity contribution in [3.05, 3.63) is 53.6 Å². The molecule has 28 heavy (non-hydrogen) atoms. The van der Waals surface area contributed by atoms with Crippen molar-refractivity contribution in [3.63, 3.8) is 0 Å². The van der Waals surface area contributed by atoms with Gasteiger partial charge in [-0.3, -0.25) is 9.69 Å². The average molecular weight is 378 g/mol. The summed E-state index contributed by atoms with van der Waals surface area (Å²) in [5.41, 5.74) is 3.20. The van der Waals surface area contributed by atoms with Gasteiger partial charge in [0.2, 0.25) is 0 Å². The molecule has 5 nitrogen and oxygen atoms in total. The van der Waals surface area contributed by atoms with Crippen LogP contribution in [-0.4, -0.2) is 38.1 Å². The van der Waals surface area contributed by atoms with Crippen LogP contribution in [0.25, 0.3) is 22.3 Å². The maximum absolute atomic E-state index is 12.9. The molecule has 0 saturated carbocycles. The van der Waals surface area contributed by atoms with Gasteiger partial charge in [-0.05, 0) is 38.1 Å². The van der Waals surface area contributed by atoms with Crippen LogP contribution in [0, 0.1) is 0 Å². The first-order chi connectivity index (χ1) is 13.7. The highest BCUT2D eigenvalue weighted by molar-refractivity contribution is 6.12. The largest absolute Gasteiger partial charge is 0.496 e. The number of fused-ring (bicyclic) bond motifs is 1. The molecule has 1 aliphatic rings. The van der Waals surface area contributed by atoms with Crippen molar-refractivity contribution in [1.82, 2.24) is 10.2 Å². The molecule has 0 radical (unpaired) electrons. The third-order valence-electron chi connectivity index (χ3n) is 5.46. The van der Waals surface area contributed by atoms with Crippen molar-refractivity contribution < 1.29 is 13.9 Å². The zero-order valence-electron chi connectivity index (χ0n) is 16.5. The molecule has 1 fully saturated rings. The van der Waals surface area contributed by atoms with Gasteiger partial charge < -0.3 is 14.5 Å². The van der Waals surface area contributed by atoms with E-state index >= 15 is 0 Å². The quantitative estimate of drug-likeness (QED) is 0.712. The minimum absolute atomic E-state index is 0.147. The number of ether oxygens (including phenoxy) is 1. The number of hydrogen-bond donors (Lipinski definition) is 1. The van der Waals surface area contributed by atoms with Gasteiger partial charge in [-0.15, -0.1) is 0 Å². The molecule has 146 valence electrons. The molecule has 2 heterocycles. The number of methoxy groups -OCH3 is 1. The summed E-state index contributed by atoms with van der Waals surface area (Å²) in [4.78, 5) is 15.3. The minimum atomic E-state index is -0.147. The Hall–Kier alpha value is -2.79. The molecule has 3 aromatic rings. The van der Waals surface area contributed by atoms with E-state index in [9.17, 15) is 4.79 Å². The standard InChI is InChI=1S/C23H26N2O3/c1-24-23(26)21-20-17(15-25-13-7-4-8-14-25)18(27-2)11-12-19(20)28-22(21)16-9-5-3-6-10-16/h3,5-6,9-12H,4,7-8,13-15H2,1-2H3,(H,24,26). The molecule has 1 amide bonds. The summed E-state index contributed by atoms with van der Waals surface area (Å²) in [6.45, 7) is 2.88. The Kier molecular flexibility index (Phi) is 5.35. The van der Waals surface area contributed by atoms with Crippen LogP contribution in [0.15, 0.2) is 46.9 Å². The number of carbonyl (C=O) groups excluding carboxylic acids is 1. The van der Waals surface area contributed by atoms with Crippen LogP contribution in [0.3, 0.4) is 0 Å². The molecule has 0 atom stereocenters. The molecule has 0 bridgehead atoms. The summed E-state index contributed by atoms with van der Waals surface area (Å²) in [6, 6.07) is 13.6. The highest BCUT2D eigenvalue weighted by Gasteiger charge is 2.26. The SMILES string of the molecule is CNC(=O)c1c(-c2ccccc2)oc2ccc(OC)c(CN3CCCCC3)c12. The Bertz CT molecular complexity index is 972. The molecular weight excluding hydrogens is 352 g/mol. The van der Waals surface area contributed by atoms with E-state index < -0.39 is 0 Å². The van der Waals surface area contributed by atoms with Crippen LogP contribution in [0.4, 0.5) is 0 Å². The van der Waals surface area contributed by atoms with Gasteiger partial charge in [-0.1, -0.05) is 36.8 Å². The number of rotatable bonds is 5. The van der Waals surface area contributed by atoms with Crippen LogP contribution in [0.5, 0.6) is 5.75 Å². The van der Waals surface area contributed by atoms with Crippen LogP contribution < -0.4 is 10.1 Å². The van der Waals surface area contributed by atoms with Gasteiger partial charge in [-0.2, -0.15) is 0 Å². The average Bonchev–Trinajstić information content (AvgIpc) is 3.15. The molecule has 1 saturated heterocycles. The van der Waals surface area contributed by atoms with Gasteiger partial charge in [-0.25, -0.2) is 0 Å². The van der Waals surface area contributed by atoms with E-state index in [2.05, 4.69) is 10.2 Å². The smallest absolute Gasteiger partial charge is 0.255 e. The van der Waals surface area contributed by atoms with Crippen molar-refractivity contribution in [3.8, 4) is 17.1 Å². The fraction of sp³-hybridized carbons (Fsp3) is 0.348. The van der Waals surface area contributed by atoms with Crippen molar-refractivity contribution in [1.29, 1.82) is 0 Å². The highest BCUT2D eigenvalue weighted by Crippen LogP contribution is 2.39. The van der Waals surface area contributed by atoms with Crippen molar-refractivity contribution in [2.75, 3.05) is 27.2 Å². The summed E-state index contributed by atoms with van der Waals surface area (Å²) < 4.78 is 11.9. The second-order valence-corrected chi connectivity index (χ2v) is 7.21.